The second kappa shape index (κ2) is 8.31. The molecule has 102 valence electrons. The SMILES string of the molecule is CCCCC(NC(CC)C(C)C)c1ccccc1. The van der Waals surface area contributed by atoms with Crippen LogP contribution < -0.4 is 5.32 Å². The minimum absolute atomic E-state index is 0.512. The summed E-state index contributed by atoms with van der Waals surface area (Å²) in [7, 11) is 0. The molecule has 0 aliphatic rings. The highest BCUT2D eigenvalue weighted by Gasteiger charge is 2.17. The lowest BCUT2D eigenvalue weighted by Crippen LogP contribution is -2.36. The molecule has 2 atom stereocenters. The fourth-order valence-corrected chi connectivity index (χ4v) is 2.48. The molecule has 0 aliphatic carbocycles. The van der Waals surface area contributed by atoms with Crippen LogP contribution in [0.25, 0.3) is 0 Å². The van der Waals surface area contributed by atoms with Crippen molar-refractivity contribution in [1.82, 2.24) is 5.32 Å². The molecule has 2 unspecified atom stereocenters. The second-order valence-corrected chi connectivity index (χ2v) is 5.53. The van der Waals surface area contributed by atoms with E-state index in [9.17, 15) is 0 Å². The Bertz CT molecular complexity index is 305. The van der Waals surface area contributed by atoms with Crippen LogP contribution in [0.5, 0.6) is 0 Å². The Morgan fingerprint density at radius 3 is 2.22 bits per heavy atom. The highest BCUT2D eigenvalue weighted by Crippen LogP contribution is 2.22. The Morgan fingerprint density at radius 1 is 1.06 bits per heavy atom. The largest absolute Gasteiger partial charge is 0.307 e. The quantitative estimate of drug-likeness (QED) is 0.686. The van der Waals surface area contributed by atoms with Gasteiger partial charge in [0.2, 0.25) is 0 Å². The van der Waals surface area contributed by atoms with Crippen LogP contribution in [0.15, 0.2) is 30.3 Å². The van der Waals surface area contributed by atoms with Crippen molar-refractivity contribution in [3.05, 3.63) is 35.9 Å². The Hall–Kier alpha value is -0.820. The number of hydrogen-bond donors (Lipinski definition) is 1. The van der Waals surface area contributed by atoms with Gasteiger partial charge in [-0.05, 0) is 24.3 Å². The number of hydrogen-bond acceptors (Lipinski definition) is 1. The van der Waals surface area contributed by atoms with Crippen molar-refractivity contribution < 1.29 is 0 Å². The molecule has 1 N–H and O–H groups in total. The summed E-state index contributed by atoms with van der Waals surface area (Å²) < 4.78 is 0. The zero-order valence-electron chi connectivity index (χ0n) is 12.4. The molecule has 0 aliphatic heterocycles. The maximum absolute atomic E-state index is 3.85. The Balaban J connectivity index is 2.72. The number of rotatable bonds is 8. The molecule has 0 fully saturated rings. The van der Waals surface area contributed by atoms with E-state index in [-0.39, 0.29) is 0 Å². The molecule has 0 spiro atoms. The predicted molar refractivity (Wildman–Crippen MR) is 80.8 cm³/mol. The van der Waals surface area contributed by atoms with Gasteiger partial charge in [-0.15, -0.1) is 0 Å². The molecule has 1 aromatic rings. The van der Waals surface area contributed by atoms with Gasteiger partial charge in [0.05, 0.1) is 0 Å². The van der Waals surface area contributed by atoms with Gasteiger partial charge in [-0.2, -0.15) is 0 Å². The van der Waals surface area contributed by atoms with Gasteiger partial charge in [0.25, 0.3) is 0 Å². The smallest absolute Gasteiger partial charge is 0.0322 e. The Morgan fingerprint density at radius 2 is 1.72 bits per heavy atom. The summed E-state index contributed by atoms with van der Waals surface area (Å²) in [6.07, 6.45) is 5.00. The lowest BCUT2D eigenvalue weighted by atomic mass is 9.96. The summed E-state index contributed by atoms with van der Waals surface area (Å²) in [5.41, 5.74) is 1.44. The average Bonchev–Trinajstić information content (AvgIpc) is 2.39. The van der Waals surface area contributed by atoms with Gasteiger partial charge >= 0.3 is 0 Å². The molecule has 1 aromatic carbocycles. The van der Waals surface area contributed by atoms with Crippen molar-refractivity contribution >= 4 is 0 Å². The summed E-state index contributed by atoms with van der Waals surface area (Å²) >= 11 is 0. The van der Waals surface area contributed by atoms with E-state index in [1.165, 1.54) is 31.2 Å². The van der Waals surface area contributed by atoms with Gasteiger partial charge in [0, 0.05) is 12.1 Å². The summed E-state index contributed by atoms with van der Waals surface area (Å²) in [5, 5.41) is 3.85. The summed E-state index contributed by atoms with van der Waals surface area (Å²) in [5.74, 6) is 0.697. The molecule has 18 heavy (non-hydrogen) atoms. The van der Waals surface area contributed by atoms with Crippen molar-refractivity contribution in [3.8, 4) is 0 Å². The van der Waals surface area contributed by atoms with Crippen LogP contribution in [0.1, 0.15) is 65.0 Å². The van der Waals surface area contributed by atoms with E-state index in [4.69, 9.17) is 0 Å². The first-order chi connectivity index (χ1) is 8.69. The van der Waals surface area contributed by atoms with Crippen LogP contribution >= 0.6 is 0 Å². The molecule has 0 aromatic heterocycles. The van der Waals surface area contributed by atoms with Crippen LogP contribution in [-0.2, 0) is 0 Å². The Labute approximate surface area is 113 Å². The predicted octanol–water partition coefficient (Wildman–Crippen LogP) is 4.94. The van der Waals surface area contributed by atoms with Crippen LogP contribution in [0.4, 0.5) is 0 Å². The van der Waals surface area contributed by atoms with E-state index in [0.717, 1.165) is 0 Å². The molecule has 0 amide bonds. The van der Waals surface area contributed by atoms with Crippen LogP contribution in [0.3, 0.4) is 0 Å². The normalized spacial score (nSPS) is 14.7. The second-order valence-electron chi connectivity index (χ2n) is 5.53. The van der Waals surface area contributed by atoms with Gasteiger partial charge in [-0.25, -0.2) is 0 Å². The summed E-state index contributed by atoms with van der Waals surface area (Å²) in [6, 6.07) is 12.0. The number of unbranched alkanes of at least 4 members (excludes halogenated alkanes) is 1. The van der Waals surface area contributed by atoms with E-state index < -0.39 is 0 Å². The molecular formula is C17H29N. The molecule has 0 saturated carbocycles. The van der Waals surface area contributed by atoms with Gasteiger partial charge in [-0.1, -0.05) is 70.9 Å². The first-order valence-corrected chi connectivity index (χ1v) is 7.50. The van der Waals surface area contributed by atoms with Crippen molar-refractivity contribution in [2.45, 2.75) is 65.5 Å². The van der Waals surface area contributed by atoms with E-state index in [2.05, 4.69) is 63.3 Å². The van der Waals surface area contributed by atoms with Crippen LogP contribution in [0, 0.1) is 5.92 Å². The van der Waals surface area contributed by atoms with E-state index in [1.807, 2.05) is 0 Å². The van der Waals surface area contributed by atoms with Gasteiger partial charge in [0.1, 0.15) is 0 Å². The van der Waals surface area contributed by atoms with Crippen LogP contribution in [-0.4, -0.2) is 6.04 Å². The zero-order chi connectivity index (χ0) is 13.4. The minimum Gasteiger partial charge on any atom is -0.307 e. The Kier molecular flexibility index (Phi) is 7.04. The third kappa shape index (κ3) is 4.81. The highest BCUT2D eigenvalue weighted by molar-refractivity contribution is 5.19. The van der Waals surface area contributed by atoms with E-state index >= 15 is 0 Å². The molecule has 0 saturated heterocycles. The fraction of sp³-hybridized carbons (Fsp3) is 0.647. The van der Waals surface area contributed by atoms with Crippen molar-refractivity contribution in [3.63, 3.8) is 0 Å². The lowest BCUT2D eigenvalue weighted by molar-refractivity contribution is 0.332. The third-order valence-corrected chi connectivity index (χ3v) is 3.71. The molecule has 1 nitrogen and oxygen atoms in total. The summed E-state index contributed by atoms with van der Waals surface area (Å²) in [6.45, 7) is 9.16. The minimum atomic E-state index is 0.512. The monoisotopic (exact) mass is 247 g/mol. The average molecular weight is 247 g/mol. The number of benzene rings is 1. The lowest BCUT2D eigenvalue weighted by Gasteiger charge is -2.28. The topological polar surface area (TPSA) is 12.0 Å². The summed E-state index contributed by atoms with van der Waals surface area (Å²) in [4.78, 5) is 0. The molecule has 0 bridgehead atoms. The first-order valence-electron chi connectivity index (χ1n) is 7.50. The first kappa shape index (κ1) is 15.2. The van der Waals surface area contributed by atoms with Crippen LogP contribution in [0.2, 0.25) is 0 Å². The maximum Gasteiger partial charge on any atom is 0.0322 e. The molecule has 0 radical (unpaired) electrons. The molecule has 1 rings (SSSR count). The fourth-order valence-electron chi connectivity index (χ4n) is 2.48. The highest BCUT2D eigenvalue weighted by atomic mass is 15.0. The standard InChI is InChI=1S/C17H29N/c1-5-7-13-17(15-11-9-8-10-12-15)18-16(6-2)14(3)4/h8-12,14,16-18H,5-7,13H2,1-4H3. The zero-order valence-corrected chi connectivity index (χ0v) is 12.4. The van der Waals surface area contributed by atoms with E-state index in [0.29, 0.717) is 18.0 Å². The van der Waals surface area contributed by atoms with Crippen molar-refractivity contribution in [2.24, 2.45) is 5.92 Å². The maximum atomic E-state index is 3.85. The molecular weight excluding hydrogens is 218 g/mol. The van der Waals surface area contributed by atoms with Gasteiger partial charge in [-0.3, -0.25) is 0 Å². The van der Waals surface area contributed by atoms with Crippen molar-refractivity contribution in [1.29, 1.82) is 0 Å². The molecule has 0 heterocycles. The van der Waals surface area contributed by atoms with Crippen molar-refractivity contribution in [2.75, 3.05) is 0 Å². The third-order valence-electron chi connectivity index (χ3n) is 3.71. The number of nitrogens with one attached hydrogen (secondary N) is 1. The van der Waals surface area contributed by atoms with E-state index in [1.54, 1.807) is 0 Å². The molecule has 1 heteroatoms. The van der Waals surface area contributed by atoms with Gasteiger partial charge in [0.15, 0.2) is 0 Å². The van der Waals surface area contributed by atoms with Gasteiger partial charge < -0.3 is 5.32 Å².